The fourth-order valence-corrected chi connectivity index (χ4v) is 2.21. The largest absolute Gasteiger partial charge is 0.508 e. The van der Waals surface area contributed by atoms with Crippen LogP contribution in [0.25, 0.3) is 0 Å². The van der Waals surface area contributed by atoms with Gasteiger partial charge in [-0.2, -0.15) is 0 Å². The van der Waals surface area contributed by atoms with Gasteiger partial charge >= 0.3 is 5.97 Å². The Labute approximate surface area is 99.6 Å². The molecular weight excluding hydrogens is 244 g/mol. The number of benzene rings is 1. The molecule has 0 radical (unpaired) electrons. The minimum absolute atomic E-state index is 0.0757. The summed E-state index contributed by atoms with van der Waals surface area (Å²) in [6.07, 6.45) is 0. The van der Waals surface area contributed by atoms with E-state index in [2.05, 4.69) is 0 Å². The zero-order valence-corrected chi connectivity index (χ0v) is 10.4. The van der Waals surface area contributed by atoms with Gasteiger partial charge in [-0.1, -0.05) is 6.07 Å². The van der Waals surface area contributed by atoms with Crippen molar-refractivity contribution in [3.05, 3.63) is 29.3 Å². The number of aromatic carboxylic acids is 1. The Kier molecular flexibility index (Phi) is 3.77. The molecule has 0 bridgehead atoms. The monoisotopic (exact) mass is 258 g/mol. The summed E-state index contributed by atoms with van der Waals surface area (Å²) in [5.74, 6) is -1.77. The molecule has 6 heteroatoms. The lowest BCUT2D eigenvalue weighted by Crippen LogP contribution is -2.16. The van der Waals surface area contributed by atoms with Crippen LogP contribution >= 0.6 is 0 Å². The molecule has 0 amide bonds. The topological polar surface area (TPSA) is 91.7 Å². The predicted octanol–water partition coefficient (Wildman–Crippen LogP) is 1.41. The first kappa shape index (κ1) is 13.5. The van der Waals surface area contributed by atoms with Gasteiger partial charge in [0.25, 0.3) is 0 Å². The molecule has 0 saturated carbocycles. The highest BCUT2D eigenvalue weighted by molar-refractivity contribution is 7.91. The van der Waals surface area contributed by atoms with Crippen molar-refractivity contribution in [1.82, 2.24) is 0 Å². The Balaban J connectivity index is 3.06. The van der Waals surface area contributed by atoms with Gasteiger partial charge in [0.1, 0.15) is 5.75 Å². The highest BCUT2D eigenvalue weighted by Gasteiger charge is 2.19. The van der Waals surface area contributed by atoms with E-state index >= 15 is 0 Å². The first-order chi connectivity index (χ1) is 7.74. The molecule has 0 saturated heterocycles. The summed E-state index contributed by atoms with van der Waals surface area (Å²) in [5, 5.41) is 17.7. The maximum absolute atomic E-state index is 11.6. The van der Waals surface area contributed by atoms with Crippen molar-refractivity contribution in [1.29, 1.82) is 0 Å². The van der Waals surface area contributed by atoms with Crippen molar-refractivity contribution in [3.8, 4) is 5.75 Å². The van der Waals surface area contributed by atoms with Crippen LogP contribution in [0.5, 0.6) is 5.75 Å². The second-order valence-electron chi connectivity index (χ2n) is 4.00. The first-order valence-corrected chi connectivity index (χ1v) is 6.72. The van der Waals surface area contributed by atoms with Crippen molar-refractivity contribution < 1.29 is 23.4 Å². The number of rotatable bonds is 4. The van der Waals surface area contributed by atoms with Crippen molar-refractivity contribution >= 4 is 15.8 Å². The lowest BCUT2D eigenvalue weighted by molar-refractivity contribution is 0.0696. The molecule has 94 valence electrons. The van der Waals surface area contributed by atoms with Crippen molar-refractivity contribution in [2.24, 2.45) is 0 Å². The summed E-state index contributed by atoms with van der Waals surface area (Å²) >= 11 is 0. The van der Waals surface area contributed by atoms with E-state index in [4.69, 9.17) is 5.11 Å². The number of carboxylic acids is 1. The number of hydrogen-bond acceptors (Lipinski definition) is 4. The van der Waals surface area contributed by atoms with Gasteiger partial charge in [-0.15, -0.1) is 0 Å². The van der Waals surface area contributed by atoms with Gasteiger partial charge in [-0.3, -0.25) is 0 Å². The Morgan fingerprint density at radius 2 is 1.94 bits per heavy atom. The first-order valence-electron chi connectivity index (χ1n) is 5.01. The zero-order valence-electron chi connectivity index (χ0n) is 9.54. The lowest BCUT2D eigenvalue weighted by Gasteiger charge is -2.09. The molecule has 1 aromatic carbocycles. The van der Waals surface area contributed by atoms with Gasteiger partial charge in [0.05, 0.1) is 16.6 Å². The number of hydrogen-bond donors (Lipinski definition) is 2. The van der Waals surface area contributed by atoms with Crippen LogP contribution in [0.4, 0.5) is 0 Å². The van der Waals surface area contributed by atoms with Gasteiger partial charge in [-0.25, -0.2) is 13.2 Å². The molecule has 0 aliphatic carbocycles. The second kappa shape index (κ2) is 4.75. The third-order valence-corrected chi connectivity index (χ3v) is 4.56. The van der Waals surface area contributed by atoms with Crippen LogP contribution in [0.3, 0.4) is 0 Å². The molecule has 0 unspecified atom stereocenters. The Bertz CT molecular complexity index is 531. The molecule has 1 rings (SSSR count). The Morgan fingerprint density at radius 1 is 1.35 bits per heavy atom. The van der Waals surface area contributed by atoms with E-state index < -0.39 is 21.1 Å². The van der Waals surface area contributed by atoms with Crippen LogP contribution < -0.4 is 0 Å². The van der Waals surface area contributed by atoms with Crippen LogP contribution in [0.1, 0.15) is 29.8 Å². The summed E-state index contributed by atoms with van der Waals surface area (Å²) < 4.78 is 23.3. The maximum Gasteiger partial charge on any atom is 0.335 e. The van der Waals surface area contributed by atoms with Gasteiger partial charge in [0.2, 0.25) is 0 Å². The van der Waals surface area contributed by atoms with Crippen molar-refractivity contribution in [3.63, 3.8) is 0 Å². The Morgan fingerprint density at radius 3 is 2.35 bits per heavy atom. The average molecular weight is 258 g/mol. The summed E-state index contributed by atoms with van der Waals surface area (Å²) in [4.78, 5) is 10.6. The van der Waals surface area contributed by atoms with E-state index in [0.717, 1.165) is 6.07 Å². The average Bonchev–Trinajstić information content (AvgIpc) is 2.20. The fraction of sp³-hybridized carbons (Fsp3) is 0.364. The van der Waals surface area contributed by atoms with Gasteiger partial charge in [-0.05, 0) is 26.0 Å². The Hall–Kier alpha value is -1.56. The number of phenolic OH excluding ortho intramolecular Hbond substituents is 1. The van der Waals surface area contributed by atoms with Crippen LogP contribution in [0.2, 0.25) is 0 Å². The summed E-state index contributed by atoms with van der Waals surface area (Å²) in [7, 11) is -3.31. The van der Waals surface area contributed by atoms with E-state index in [9.17, 15) is 18.3 Å². The van der Waals surface area contributed by atoms with Crippen LogP contribution in [-0.4, -0.2) is 29.9 Å². The van der Waals surface area contributed by atoms with Gasteiger partial charge in [0.15, 0.2) is 9.84 Å². The summed E-state index contributed by atoms with van der Waals surface area (Å²) in [6.45, 7) is 3.11. The van der Waals surface area contributed by atoms with Crippen LogP contribution in [0, 0.1) is 0 Å². The molecule has 17 heavy (non-hydrogen) atoms. The molecule has 0 aliphatic rings. The number of carbonyl (C=O) groups is 1. The summed E-state index contributed by atoms with van der Waals surface area (Å²) in [6, 6.07) is 3.64. The smallest absolute Gasteiger partial charge is 0.335 e. The van der Waals surface area contributed by atoms with E-state index in [1.165, 1.54) is 12.1 Å². The van der Waals surface area contributed by atoms with Crippen molar-refractivity contribution in [2.45, 2.75) is 24.9 Å². The predicted molar refractivity (Wildman–Crippen MR) is 62.8 cm³/mol. The normalized spacial score (nSPS) is 11.7. The molecule has 2 N–H and O–H groups in total. The van der Waals surface area contributed by atoms with Crippen molar-refractivity contribution in [2.75, 3.05) is 0 Å². The van der Waals surface area contributed by atoms with Crippen LogP contribution in [-0.2, 0) is 15.6 Å². The number of carboxylic acid groups (broad SMARTS) is 1. The minimum atomic E-state index is -3.31. The molecule has 0 atom stereocenters. The molecular formula is C11H14O5S. The fourth-order valence-electron chi connectivity index (χ4n) is 1.20. The molecule has 0 fully saturated rings. The highest BCUT2D eigenvalue weighted by Crippen LogP contribution is 2.22. The maximum atomic E-state index is 11.6. The molecule has 1 aromatic rings. The lowest BCUT2D eigenvalue weighted by atomic mass is 10.1. The SMILES string of the molecule is CC(C)S(=O)(=O)Cc1ccc(C(=O)O)cc1O. The molecule has 0 aromatic heterocycles. The minimum Gasteiger partial charge on any atom is -0.508 e. The number of phenols is 1. The molecule has 0 spiro atoms. The van der Waals surface area contributed by atoms with Gasteiger partial charge < -0.3 is 10.2 Å². The standard InChI is InChI=1S/C11H14O5S/c1-7(2)17(15,16)6-9-4-3-8(11(13)14)5-10(9)12/h3-5,7,12H,6H2,1-2H3,(H,13,14). The molecule has 0 aliphatic heterocycles. The van der Waals surface area contributed by atoms with Gasteiger partial charge in [0, 0.05) is 5.56 Å². The molecule has 0 heterocycles. The van der Waals surface area contributed by atoms with E-state index in [0.29, 0.717) is 0 Å². The highest BCUT2D eigenvalue weighted by atomic mass is 32.2. The zero-order chi connectivity index (χ0) is 13.2. The third kappa shape index (κ3) is 3.20. The summed E-state index contributed by atoms with van der Waals surface area (Å²) in [5.41, 5.74) is 0.136. The van der Waals surface area contributed by atoms with E-state index in [1.54, 1.807) is 13.8 Å². The van der Waals surface area contributed by atoms with E-state index in [1.807, 2.05) is 0 Å². The second-order valence-corrected chi connectivity index (χ2v) is 6.56. The quantitative estimate of drug-likeness (QED) is 0.852. The number of aromatic hydroxyl groups is 1. The third-order valence-electron chi connectivity index (χ3n) is 2.41. The van der Waals surface area contributed by atoms with E-state index in [-0.39, 0.29) is 22.6 Å². The number of sulfone groups is 1. The molecule has 5 nitrogen and oxygen atoms in total. The van der Waals surface area contributed by atoms with Crippen LogP contribution in [0.15, 0.2) is 18.2 Å².